The maximum Gasteiger partial charge on any atom is 0.306 e. The lowest BCUT2D eigenvalue weighted by Gasteiger charge is -2.08. The van der Waals surface area contributed by atoms with Gasteiger partial charge in [-0.25, -0.2) is 0 Å². The Morgan fingerprint density at radius 3 is 3.00 bits per heavy atom. The van der Waals surface area contributed by atoms with Crippen LogP contribution in [0.3, 0.4) is 0 Å². The molecule has 3 N–H and O–H groups in total. The Bertz CT molecular complexity index is 274. The van der Waals surface area contributed by atoms with Crippen LogP contribution >= 0.6 is 11.3 Å². The van der Waals surface area contributed by atoms with Gasteiger partial charge in [-0.05, 0) is 11.4 Å². The van der Waals surface area contributed by atoms with Crippen molar-refractivity contribution in [3.05, 3.63) is 22.4 Å². The highest BCUT2D eigenvalue weighted by Crippen LogP contribution is 2.07. The predicted octanol–water partition coefficient (Wildman–Crippen LogP) is 0.673. The minimum absolute atomic E-state index is 0.211. The van der Waals surface area contributed by atoms with E-state index in [1.54, 1.807) is 11.3 Å². The number of aliphatic hydroxyl groups is 1. The van der Waals surface area contributed by atoms with E-state index in [9.17, 15) is 9.90 Å². The highest BCUT2D eigenvalue weighted by atomic mass is 32.1. The van der Waals surface area contributed by atoms with Crippen molar-refractivity contribution in [3.8, 4) is 0 Å². The zero-order valence-electron chi connectivity index (χ0n) is 7.64. The largest absolute Gasteiger partial charge is 0.481 e. The van der Waals surface area contributed by atoms with Crippen molar-refractivity contribution in [1.29, 1.82) is 0 Å². The maximum atomic E-state index is 10.2. The van der Waals surface area contributed by atoms with Gasteiger partial charge in [-0.15, -0.1) is 11.3 Å². The average molecular weight is 215 g/mol. The second-order valence-electron chi connectivity index (χ2n) is 2.96. The van der Waals surface area contributed by atoms with E-state index in [-0.39, 0.29) is 6.42 Å². The number of carboxylic acids is 1. The summed E-state index contributed by atoms with van der Waals surface area (Å²) in [4.78, 5) is 11.4. The smallest absolute Gasteiger partial charge is 0.306 e. The molecule has 0 amide bonds. The van der Waals surface area contributed by atoms with Gasteiger partial charge in [0.05, 0.1) is 12.5 Å². The summed E-state index contributed by atoms with van der Waals surface area (Å²) < 4.78 is 0. The van der Waals surface area contributed by atoms with Gasteiger partial charge in [0.25, 0.3) is 0 Å². The molecule has 0 radical (unpaired) electrons. The molecule has 78 valence electrons. The minimum atomic E-state index is -0.976. The lowest BCUT2D eigenvalue weighted by atomic mass is 10.2. The summed E-state index contributed by atoms with van der Waals surface area (Å²) in [6.45, 7) is 0.985. The Morgan fingerprint density at radius 2 is 2.43 bits per heavy atom. The molecule has 0 aliphatic carbocycles. The van der Waals surface area contributed by atoms with E-state index in [2.05, 4.69) is 5.32 Å². The SMILES string of the molecule is O=C(O)CC(O)CNCc1cccs1. The summed E-state index contributed by atoms with van der Waals surface area (Å²) in [5.74, 6) is -0.976. The van der Waals surface area contributed by atoms with Crippen LogP contribution in [0.1, 0.15) is 11.3 Å². The molecular weight excluding hydrogens is 202 g/mol. The Labute approximate surface area is 86.2 Å². The van der Waals surface area contributed by atoms with Gasteiger partial charge in [0.2, 0.25) is 0 Å². The molecule has 1 unspecified atom stereocenters. The third-order valence-corrected chi connectivity index (χ3v) is 2.55. The predicted molar refractivity (Wildman–Crippen MR) is 54.3 cm³/mol. The van der Waals surface area contributed by atoms with Crippen molar-refractivity contribution < 1.29 is 15.0 Å². The highest BCUT2D eigenvalue weighted by molar-refractivity contribution is 7.09. The first-order valence-corrected chi connectivity index (χ1v) is 5.19. The molecule has 0 bridgehead atoms. The number of hydrogen-bond donors (Lipinski definition) is 3. The van der Waals surface area contributed by atoms with Gasteiger partial charge in [-0.1, -0.05) is 6.07 Å². The molecule has 1 atom stereocenters. The van der Waals surface area contributed by atoms with E-state index in [1.807, 2.05) is 17.5 Å². The van der Waals surface area contributed by atoms with Crippen LogP contribution in [-0.4, -0.2) is 28.8 Å². The van der Waals surface area contributed by atoms with Gasteiger partial charge >= 0.3 is 5.97 Å². The minimum Gasteiger partial charge on any atom is -0.481 e. The van der Waals surface area contributed by atoms with E-state index in [1.165, 1.54) is 4.88 Å². The molecule has 14 heavy (non-hydrogen) atoms. The van der Waals surface area contributed by atoms with Crippen LogP contribution in [0.2, 0.25) is 0 Å². The molecule has 0 aromatic carbocycles. The molecule has 1 rings (SSSR count). The summed E-state index contributed by atoms with van der Waals surface area (Å²) in [5, 5.41) is 22.6. The van der Waals surface area contributed by atoms with Crippen LogP contribution in [0.25, 0.3) is 0 Å². The summed E-state index contributed by atoms with van der Waals surface area (Å²) >= 11 is 1.63. The van der Waals surface area contributed by atoms with Crippen LogP contribution in [0, 0.1) is 0 Å². The van der Waals surface area contributed by atoms with Gasteiger partial charge in [0, 0.05) is 18.0 Å². The van der Waals surface area contributed by atoms with E-state index in [0.717, 1.165) is 0 Å². The molecule has 0 fully saturated rings. The first-order chi connectivity index (χ1) is 6.68. The number of aliphatic carboxylic acids is 1. The zero-order chi connectivity index (χ0) is 10.4. The molecule has 1 heterocycles. The van der Waals surface area contributed by atoms with E-state index in [4.69, 9.17) is 5.11 Å². The van der Waals surface area contributed by atoms with Gasteiger partial charge < -0.3 is 15.5 Å². The normalized spacial score (nSPS) is 12.6. The number of hydrogen-bond acceptors (Lipinski definition) is 4. The van der Waals surface area contributed by atoms with Gasteiger partial charge in [0.15, 0.2) is 0 Å². The Balaban J connectivity index is 2.12. The van der Waals surface area contributed by atoms with Crippen LogP contribution in [0.15, 0.2) is 17.5 Å². The van der Waals surface area contributed by atoms with Crippen LogP contribution in [0.5, 0.6) is 0 Å². The van der Waals surface area contributed by atoms with Crippen molar-refractivity contribution in [2.24, 2.45) is 0 Å². The van der Waals surface area contributed by atoms with Crippen molar-refractivity contribution in [3.63, 3.8) is 0 Å². The topological polar surface area (TPSA) is 69.6 Å². The lowest BCUT2D eigenvalue weighted by Crippen LogP contribution is -2.28. The van der Waals surface area contributed by atoms with Crippen LogP contribution < -0.4 is 5.32 Å². The maximum absolute atomic E-state index is 10.2. The second-order valence-corrected chi connectivity index (χ2v) is 3.99. The lowest BCUT2D eigenvalue weighted by molar-refractivity contribution is -0.139. The quantitative estimate of drug-likeness (QED) is 0.652. The fourth-order valence-electron chi connectivity index (χ4n) is 1.05. The molecule has 0 aliphatic heterocycles. The van der Waals surface area contributed by atoms with E-state index >= 15 is 0 Å². The summed E-state index contributed by atoms with van der Waals surface area (Å²) in [7, 11) is 0. The number of aliphatic hydroxyl groups excluding tert-OH is 1. The zero-order valence-corrected chi connectivity index (χ0v) is 8.46. The van der Waals surface area contributed by atoms with Gasteiger partial charge in [-0.3, -0.25) is 4.79 Å². The van der Waals surface area contributed by atoms with E-state index < -0.39 is 12.1 Å². The highest BCUT2D eigenvalue weighted by Gasteiger charge is 2.08. The van der Waals surface area contributed by atoms with Crippen LogP contribution in [0.4, 0.5) is 0 Å². The Hall–Kier alpha value is -0.910. The second kappa shape index (κ2) is 5.74. The van der Waals surface area contributed by atoms with Gasteiger partial charge in [0.1, 0.15) is 0 Å². The molecule has 5 heteroatoms. The summed E-state index contributed by atoms with van der Waals surface area (Å²) in [5.41, 5.74) is 0. The number of carbonyl (C=O) groups is 1. The van der Waals surface area contributed by atoms with Crippen molar-refractivity contribution in [1.82, 2.24) is 5.32 Å². The average Bonchev–Trinajstić information content (AvgIpc) is 2.55. The first kappa shape index (κ1) is 11.2. The molecule has 0 aliphatic rings. The standard InChI is InChI=1S/C9H13NO3S/c11-7(4-9(12)13)5-10-6-8-2-1-3-14-8/h1-3,7,10-11H,4-6H2,(H,12,13). The molecule has 0 saturated carbocycles. The summed E-state index contributed by atoms with van der Waals surface area (Å²) in [6, 6.07) is 3.94. The monoisotopic (exact) mass is 215 g/mol. The third kappa shape index (κ3) is 4.36. The number of nitrogens with one attached hydrogen (secondary N) is 1. The van der Waals surface area contributed by atoms with Crippen LogP contribution in [-0.2, 0) is 11.3 Å². The molecule has 1 aromatic rings. The number of carboxylic acid groups (broad SMARTS) is 1. The molecule has 4 nitrogen and oxygen atoms in total. The fourth-order valence-corrected chi connectivity index (χ4v) is 1.72. The summed E-state index contributed by atoms with van der Waals surface area (Å²) in [6.07, 6.45) is -1.02. The van der Waals surface area contributed by atoms with E-state index in [0.29, 0.717) is 13.1 Å². The third-order valence-electron chi connectivity index (χ3n) is 1.67. The first-order valence-electron chi connectivity index (χ1n) is 4.31. The number of rotatable bonds is 6. The molecule has 1 aromatic heterocycles. The molecular formula is C9H13NO3S. The molecule has 0 saturated heterocycles. The number of thiophene rings is 1. The fraction of sp³-hybridized carbons (Fsp3) is 0.444. The van der Waals surface area contributed by atoms with Crippen molar-refractivity contribution in [2.75, 3.05) is 6.54 Å². The van der Waals surface area contributed by atoms with Crippen molar-refractivity contribution in [2.45, 2.75) is 19.1 Å². The Morgan fingerprint density at radius 1 is 1.64 bits per heavy atom. The van der Waals surface area contributed by atoms with Crippen molar-refractivity contribution >= 4 is 17.3 Å². The Kier molecular flexibility index (Phi) is 4.58. The molecule has 0 spiro atoms. The van der Waals surface area contributed by atoms with Gasteiger partial charge in [-0.2, -0.15) is 0 Å².